The van der Waals surface area contributed by atoms with E-state index in [0.29, 0.717) is 0 Å². The minimum Gasteiger partial charge on any atom is -0.392 e. The van der Waals surface area contributed by atoms with Gasteiger partial charge in [-0.1, -0.05) is 0 Å². The molecule has 2 heterocycles. The molecule has 0 bridgehead atoms. The zero-order chi connectivity index (χ0) is 7.68. The molecule has 2 rings (SSSR count). The molecule has 0 saturated heterocycles. The Morgan fingerprint density at radius 1 is 1.27 bits per heavy atom. The average Bonchev–Trinajstić information content (AvgIpc) is 2.50. The van der Waals surface area contributed by atoms with Crippen LogP contribution in [0.5, 0.6) is 0 Å². The lowest BCUT2D eigenvalue weighted by Gasteiger charge is -1.97. The molecule has 2 aromatic rings. The second-order valence-corrected chi connectivity index (χ2v) is 2.53. The van der Waals surface area contributed by atoms with Crippen molar-refractivity contribution in [3.8, 4) is 0 Å². The highest BCUT2D eigenvalue weighted by Gasteiger charge is 1.92. The summed E-state index contributed by atoms with van der Waals surface area (Å²) in [5.74, 6) is 0. The molecule has 0 aromatic carbocycles. The van der Waals surface area contributed by atoms with E-state index in [-0.39, 0.29) is 6.61 Å². The third kappa shape index (κ3) is 1.01. The number of aromatic nitrogens is 1. The van der Waals surface area contributed by atoms with Gasteiger partial charge < -0.3 is 9.51 Å². The molecule has 2 aromatic heterocycles. The van der Waals surface area contributed by atoms with Crippen molar-refractivity contribution in [1.29, 1.82) is 0 Å². The van der Waals surface area contributed by atoms with E-state index in [1.165, 1.54) is 0 Å². The Hall–Kier alpha value is -1.28. The van der Waals surface area contributed by atoms with E-state index < -0.39 is 0 Å². The first-order valence-electron chi connectivity index (χ1n) is 3.56. The molecule has 0 aliphatic carbocycles. The van der Waals surface area contributed by atoms with Crippen molar-refractivity contribution in [1.82, 2.24) is 4.40 Å². The predicted molar refractivity (Wildman–Crippen MR) is 43.3 cm³/mol. The smallest absolute Gasteiger partial charge is 0.0683 e. The molecule has 2 nitrogen and oxygen atoms in total. The van der Waals surface area contributed by atoms with E-state index in [1.807, 2.05) is 41.1 Å². The molecule has 0 saturated carbocycles. The molecule has 56 valence electrons. The van der Waals surface area contributed by atoms with Crippen molar-refractivity contribution in [2.75, 3.05) is 0 Å². The zero-order valence-electron chi connectivity index (χ0n) is 6.07. The number of fused-ring (bicyclic) bond motifs is 1. The Morgan fingerprint density at radius 3 is 3.00 bits per heavy atom. The van der Waals surface area contributed by atoms with Gasteiger partial charge in [-0.25, -0.2) is 0 Å². The Bertz CT molecular complexity index is 364. The van der Waals surface area contributed by atoms with Gasteiger partial charge in [-0.2, -0.15) is 0 Å². The highest BCUT2D eigenvalue weighted by molar-refractivity contribution is 5.49. The van der Waals surface area contributed by atoms with Gasteiger partial charge in [0, 0.05) is 17.9 Å². The topological polar surface area (TPSA) is 24.6 Å². The molecule has 0 fully saturated rings. The Kier molecular flexibility index (Phi) is 1.40. The van der Waals surface area contributed by atoms with Gasteiger partial charge in [0.25, 0.3) is 0 Å². The van der Waals surface area contributed by atoms with Crippen LogP contribution in [0.1, 0.15) is 5.56 Å². The van der Waals surface area contributed by atoms with Crippen molar-refractivity contribution in [3.63, 3.8) is 0 Å². The Morgan fingerprint density at radius 2 is 2.18 bits per heavy atom. The fourth-order valence-electron chi connectivity index (χ4n) is 1.18. The first kappa shape index (κ1) is 6.43. The summed E-state index contributed by atoms with van der Waals surface area (Å²) >= 11 is 0. The lowest BCUT2D eigenvalue weighted by molar-refractivity contribution is 0.282. The van der Waals surface area contributed by atoms with Crippen molar-refractivity contribution < 1.29 is 5.11 Å². The zero-order valence-corrected chi connectivity index (χ0v) is 6.07. The van der Waals surface area contributed by atoms with Crippen LogP contribution < -0.4 is 0 Å². The molecule has 0 unspecified atom stereocenters. The van der Waals surface area contributed by atoms with Crippen LogP contribution in [0.3, 0.4) is 0 Å². The second-order valence-electron chi connectivity index (χ2n) is 2.53. The van der Waals surface area contributed by atoms with Gasteiger partial charge in [-0.05, 0) is 29.8 Å². The molecular weight excluding hydrogens is 138 g/mol. The second kappa shape index (κ2) is 2.40. The lowest BCUT2D eigenvalue weighted by atomic mass is 10.2. The highest BCUT2D eigenvalue weighted by atomic mass is 16.3. The van der Waals surface area contributed by atoms with Crippen LogP contribution in [-0.4, -0.2) is 9.51 Å². The van der Waals surface area contributed by atoms with Crippen molar-refractivity contribution >= 4 is 5.52 Å². The van der Waals surface area contributed by atoms with Crippen LogP contribution in [-0.2, 0) is 6.61 Å². The fourth-order valence-corrected chi connectivity index (χ4v) is 1.18. The molecular formula is C9H9NO. The van der Waals surface area contributed by atoms with Crippen LogP contribution >= 0.6 is 0 Å². The minimum absolute atomic E-state index is 0.113. The quantitative estimate of drug-likeness (QED) is 0.648. The first-order valence-corrected chi connectivity index (χ1v) is 3.56. The van der Waals surface area contributed by atoms with E-state index in [1.54, 1.807) is 0 Å². The van der Waals surface area contributed by atoms with Crippen LogP contribution in [0, 0.1) is 0 Å². The van der Waals surface area contributed by atoms with Gasteiger partial charge in [0.15, 0.2) is 0 Å². The van der Waals surface area contributed by atoms with E-state index in [2.05, 4.69) is 0 Å². The van der Waals surface area contributed by atoms with E-state index >= 15 is 0 Å². The summed E-state index contributed by atoms with van der Waals surface area (Å²) in [5, 5.41) is 8.83. The molecule has 0 aliphatic rings. The molecule has 11 heavy (non-hydrogen) atoms. The number of aliphatic hydroxyl groups is 1. The standard InChI is InChI=1S/C9H9NO/c11-7-8-3-5-10-4-1-2-9(10)6-8/h1-6,11H,7H2. The summed E-state index contributed by atoms with van der Waals surface area (Å²) < 4.78 is 2.01. The molecule has 0 aliphatic heterocycles. The van der Waals surface area contributed by atoms with E-state index in [0.717, 1.165) is 11.1 Å². The van der Waals surface area contributed by atoms with Gasteiger partial charge in [-0.3, -0.25) is 0 Å². The molecule has 0 spiro atoms. The SMILES string of the molecule is OCc1ccn2cccc2c1. The van der Waals surface area contributed by atoms with E-state index in [4.69, 9.17) is 5.11 Å². The fraction of sp³-hybridized carbons (Fsp3) is 0.111. The van der Waals surface area contributed by atoms with Gasteiger partial charge >= 0.3 is 0 Å². The first-order chi connectivity index (χ1) is 5.40. The van der Waals surface area contributed by atoms with Gasteiger partial charge in [-0.15, -0.1) is 0 Å². The monoisotopic (exact) mass is 147 g/mol. The molecule has 2 heteroatoms. The molecule has 0 radical (unpaired) electrons. The number of hydrogen-bond donors (Lipinski definition) is 1. The Balaban J connectivity index is 2.67. The largest absolute Gasteiger partial charge is 0.392 e. The number of rotatable bonds is 1. The van der Waals surface area contributed by atoms with Crippen molar-refractivity contribution in [3.05, 3.63) is 42.2 Å². The van der Waals surface area contributed by atoms with Gasteiger partial charge in [0.1, 0.15) is 0 Å². The molecule has 1 N–H and O–H groups in total. The van der Waals surface area contributed by atoms with Crippen LogP contribution in [0.2, 0.25) is 0 Å². The summed E-state index contributed by atoms with van der Waals surface area (Å²) in [6, 6.07) is 7.88. The van der Waals surface area contributed by atoms with E-state index in [9.17, 15) is 0 Å². The average molecular weight is 147 g/mol. The summed E-state index contributed by atoms with van der Waals surface area (Å²) in [5.41, 5.74) is 2.08. The summed E-state index contributed by atoms with van der Waals surface area (Å²) in [7, 11) is 0. The maximum atomic E-state index is 8.83. The number of aliphatic hydroxyl groups excluding tert-OH is 1. The number of pyridine rings is 1. The van der Waals surface area contributed by atoms with Crippen LogP contribution in [0.15, 0.2) is 36.7 Å². The molecule has 0 atom stereocenters. The van der Waals surface area contributed by atoms with Gasteiger partial charge in [0.05, 0.1) is 6.61 Å². The highest BCUT2D eigenvalue weighted by Crippen LogP contribution is 2.07. The third-order valence-corrected chi connectivity index (χ3v) is 1.78. The summed E-state index contributed by atoms with van der Waals surface area (Å²) in [4.78, 5) is 0. The van der Waals surface area contributed by atoms with Crippen LogP contribution in [0.25, 0.3) is 5.52 Å². The predicted octanol–water partition coefficient (Wildman–Crippen LogP) is 1.43. The summed E-state index contributed by atoms with van der Waals surface area (Å²) in [6.45, 7) is 0.113. The van der Waals surface area contributed by atoms with Crippen molar-refractivity contribution in [2.45, 2.75) is 6.61 Å². The maximum Gasteiger partial charge on any atom is 0.0683 e. The lowest BCUT2D eigenvalue weighted by Crippen LogP contribution is -1.85. The summed E-state index contributed by atoms with van der Waals surface area (Å²) in [6.07, 6.45) is 3.93. The molecule has 0 amide bonds. The minimum atomic E-state index is 0.113. The number of hydrogen-bond acceptors (Lipinski definition) is 1. The third-order valence-electron chi connectivity index (χ3n) is 1.78. The maximum absolute atomic E-state index is 8.83. The van der Waals surface area contributed by atoms with Gasteiger partial charge in [0.2, 0.25) is 0 Å². The Labute approximate surface area is 64.7 Å². The van der Waals surface area contributed by atoms with Crippen LogP contribution in [0.4, 0.5) is 0 Å². The van der Waals surface area contributed by atoms with Crippen molar-refractivity contribution in [2.24, 2.45) is 0 Å². The normalized spacial score (nSPS) is 10.6. The number of nitrogens with zero attached hydrogens (tertiary/aromatic N) is 1.